The highest BCUT2D eigenvalue weighted by Crippen LogP contribution is 2.18. The highest BCUT2D eigenvalue weighted by atomic mass is 35.5. The molecule has 0 aliphatic rings. The number of halogens is 2. The van der Waals surface area contributed by atoms with Crippen molar-refractivity contribution in [2.24, 2.45) is 0 Å². The molecule has 6 heteroatoms. The lowest BCUT2D eigenvalue weighted by molar-refractivity contribution is -0.885. The molecule has 1 amide bonds. The number of likely N-dealkylation sites (N-methyl/N-ethyl adjacent to an activating group) is 1. The molecule has 0 aliphatic carbocycles. The normalized spacial score (nSPS) is 11.8. The number of carbonyl (C=O) groups is 2. The molecule has 0 spiro atoms. The minimum Gasteiger partial charge on any atom is -0.326 e. The average molecular weight is 350 g/mol. The number of benzene rings is 2. The number of quaternary nitrogens is 1. The predicted molar refractivity (Wildman–Crippen MR) is 91.9 cm³/mol. The van der Waals surface area contributed by atoms with Crippen LogP contribution in [0.5, 0.6) is 0 Å². The number of para-hydroxylation sites is 1. The molecule has 2 N–H and O–H groups in total. The van der Waals surface area contributed by atoms with E-state index in [0.717, 1.165) is 4.90 Å². The van der Waals surface area contributed by atoms with Crippen LogP contribution in [0.1, 0.15) is 22.8 Å². The van der Waals surface area contributed by atoms with Crippen LogP contribution < -0.4 is 10.2 Å². The van der Waals surface area contributed by atoms with Gasteiger partial charge in [-0.05, 0) is 31.2 Å². The molecule has 0 aromatic heterocycles. The largest absolute Gasteiger partial charge is 0.326 e. The van der Waals surface area contributed by atoms with Gasteiger partial charge in [-0.3, -0.25) is 9.59 Å². The first-order valence-corrected chi connectivity index (χ1v) is 7.90. The molecule has 1 atom stereocenters. The molecule has 1 unspecified atom stereocenters. The molecule has 4 nitrogen and oxygen atoms in total. The Morgan fingerprint density at radius 3 is 2.54 bits per heavy atom. The van der Waals surface area contributed by atoms with Gasteiger partial charge in [0.2, 0.25) is 0 Å². The van der Waals surface area contributed by atoms with Gasteiger partial charge in [-0.2, -0.15) is 0 Å². The van der Waals surface area contributed by atoms with E-state index in [2.05, 4.69) is 5.32 Å². The lowest BCUT2D eigenvalue weighted by Crippen LogP contribution is -3.08. The molecular weight excluding hydrogens is 331 g/mol. The van der Waals surface area contributed by atoms with Crippen molar-refractivity contribution in [3.8, 4) is 0 Å². The van der Waals surface area contributed by atoms with Crippen molar-refractivity contribution >= 4 is 29.0 Å². The number of rotatable bonds is 6. The van der Waals surface area contributed by atoms with Crippen LogP contribution in [0, 0.1) is 5.82 Å². The Hall–Kier alpha value is -2.24. The van der Waals surface area contributed by atoms with Crippen LogP contribution in [0.15, 0.2) is 42.5 Å². The van der Waals surface area contributed by atoms with Gasteiger partial charge < -0.3 is 10.2 Å². The van der Waals surface area contributed by atoms with Crippen molar-refractivity contribution in [2.75, 3.05) is 18.9 Å². The van der Waals surface area contributed by atoms with E-state index >= 15 is 0 Å². The molecule has 0 aliphatic heterocycles. The first-order chi connectivity index (χ1) is 11.4. The van der Waals surface area contributed by atoms with E-state index in [9.17, 15) is 14.0 Å². The van der Waals surface area contributed by atoms with E-state index in [-0.39, 0.29) is 30.6 Å². The third-order valence-electron chi connectivity index (χ3n) is 3.58. The van der Waals surface area contributed by atoms with Gasteiger partial charge in [-0.1, -0.05) is 29.8 Å². The van der Waals surface area contributed by atoms with Gasteiger partial charge in [0.15, 0.2) is 12.3 Å². The lowest BCUT2D eigenvalue weighted by atomic mass is 10.1. The summed E-state index contributed by atoms with van der Waals surface area (Å²) >= 11 is 6.00. The Labute approximate surface area is 145 Å². The average Bonchev–Trinajstić information content (AvgIpc) is 2.51. The van der Waals surface area contributed by atoms with Gasteiger partial charge in [0.05, 0.1) is 23.3 Å². The van der Waals surface area contributed by atoms with Gasteiger partial charge in [0.1, 0.15) is 12.4 Å². The van der Waals surface area contributed by atoms with Crippen molar-refractivity contribution in [2.45, 2.75) is 13.5 Å². The SMILES string of the molecule is CC(=O)c1ccccc1NC(=O)C[NH+](C)Cc1c(F)cccc1Cl. The van der Waals surface area contributed by atoms with E-state index in [1.807, 2.05) is 0 Å². The maximum absolute atomic E-state index is 13.8. The fourth-order valence-corrected chi connectivity index (χ4v) is 2.66. The summed E-state index contributed by atoms with van der Waals surface area (Å²) < 4.78 is 13.8. The molecule has 126 valence electrons. The number of anilines is 1. The van der Waals surface area contributed by atoms with Crippen LogP contribution in [-0.2, 0) is 11.3 Å². The van der Waals surface area contributed by atoms with Crippen LogP contribution in [0.4, 0.5) is 10.1 Å². The summed E-state index contributed by atoms with van der Waals surface area (Å²) in [5.41, 5.74) is 1.32. The zero-order valence-corrected chi connectivity index (χ0v) is 14.3. The second kappa shape index (κ2) is 8.04. The third-order valence-corrected chi connectivity index (χ3v) is 3.94. The Morgan fingerprint density at radius 2 is 1.88 bits per heavy atom. The monoisotopic (exact) mass is 349 g/mol. The topological polar surface area (TPSA) is 50.6 Å². The lowest BCUT2D eigenvalue weighted by Gasteiger charge is -2.16. The summed E-state index contributed by atoms with van der Waals surface area (Å²) in [7, 11) is 1.78. The highest BCUT2D eigenvalue weighted by molar-refractivity contribution is 6.31. The predicted octanol–water partition coefficient (Wildman–Crippen LogP) is 2.34. The van der Waals surface area contributed by atoms with E-state index in [1.54, 1.807) is 43.4 Å². The summed E-state index contributed by atoms with van der Waals surface area (Å²) in [6, 6.07) is 11.3. The van der Waals surface area contributed by atoms with Crippen LogP contribution in [0.3, 0.4) is 0 Å². The Bertz CT molecular complexity index is 744. The number of Topliss-reactive ketones (excluding diaryl/α,β-unsaturated/α-hetero) is 1. The summed E-state index contributed by atoms with van der Waals surface area (Å²) in [6.45, 7) is 1.85. The Kier molecular flexibility index (Phi) is 6.06. The molecule has 0 bridgehead atoms. The van der Waals surface area contributed by atoms with E-state index in [4.69, 9.17) is 11.6 Å². The standard InChI is InChI=1S/C18H18ClFN2O2/c1-12(23)13-6-3-4-9-17(13)21-18(24)11-22(2)10-14-15(19)7-5-8-16(14)20/h3-9H,10-11H2,1-2H3,(H,21,24)/p+1. The van der Waals surface area contributed by atoms with E-state index in [0.29, 0.717) is 21.8 Å². The molecule has 0 saturated carbocycles. The number of hydrogen-bond donors (Lipinski definition) is 2. The Balaban J connectivity index is 2.01. The van der Waals surface area contributed by atoms with Crippen molar-refractivity contribution in [3.63, 3.8) is 0 Å². The van der Waals surface area contributed by atoms with Gasteiger partial charge in [0, 0.05) is 5.56 Å². The zero-order valence-electron chi connectivity index (χ0n) is 13.5. The second-order valence-electron chi connectivity index (χ2n) is 5.66. The van der Waals surface area contributed by atoms with Crippen molar-refractivity contribution in [1.29, 1.82) is 0 Å². The molecule has 0 radical (unpaired) electrons. The minimum atomic E-state index is -0.385. The van der Waals surface area contributed by atoms with E-state index in [1.165, 1.54) is 13.0 Å². The third kappa shape index (κ3) is 4.63. The first-order valence-electron chi connectivity index (χ1n) is 7.52. The molecule has 0 fully saturated rings. The number of hydrogen-bond acceptors (Lipinski definition) is 2. The molecule has 2 rings (SSSR count). The Morgan fingerprint density at radius 1 is 1.17 bits per heavy atom. The number of amides is 1. The summed E-state index contributed by atoms with van der Waals surface area (Å²) in [6.07, 6.45) is 0. The van der Waals surface area contributed by atoms with Gasteiger partial charge in [-0.25, -0.2) is 4.39 Å². The summed E-state index contributed by atoms with van der Waals surface area (Å²) in [5.74, 6) is -0.761. The summed E-state index contributed by atoms with van der Waals surface area (Å²) in [4.78, 5) is 24.5. The van der Waals surface area contributed by atoms with Crippen LogP contribution in [0.2, 0.25) is 5.02 Å². The van der Waals surface area contributed by atoms with Gasteiger partial charge in [-0.15, -0.1) is 0 Å². The molecule has 2 aromatic rings. The smallest absolute Gasteiger partial charge is 0.279 e. The maximum Gasteiger partial charge on any atom is 0.279 e. The van der Waals surface area contributed by atoms with Gasteiger partial charge >= 0.3 is 0 Å². The van der Waals surface area contributed by atoms with Crippen LogP contribution >= 0.6 is 11.6 Å². The number of ketones is 1. The van der Waals surface area contributed by atoms with Crippen LogP contribution in [-0.4, -0.2) is 25.3 Å². The molecule has 0 saturated heterocycles. The fourth-order valence-electron chi connectivity index (χ4n) is 2.43. The summed E-state index contributed by atoms with van der Waals surface area (Å²) in [5, 5.41) is 3.07. The zero-order chi connectivity index (χ0) is 17.7. The van der Waals surface area contributed by atoms with Crippen molar-refractivity contribution in [3.05, 3.63) is 64.4 Å². The second-order valence-corrected chi connectivity index (χ2v) is 6.07. The van der Waals surface area contributed by atoms with Crippen molar-refractivity contribution in [1.82, 2.24) is 0 Å². The molecule has 2 aromatic carbocycles. The molecule has 0 heterocycles. The first kappa shape index (κ1) is 18.1. The van der Waals surface area contributed by atoms with Crippen LogP contribution in [0.25, 0.3) is 0 Å². The van der Waals surface area contributed by atoms with E-state index < -0.39 is 0 Å². The number of carbonyl (C=O) groups excluding carboxylic acids is 2. The molecule has 24 heavy (non-hydrogen) atoms. The number of nitrogens with one attached hydrogen (secondary N) is 2. The quantitative estimate of drug-likeness (QED) is 0.786. The van der Waals surface area contributed by atoms with Gasteiger partial charge in [0.25, 0.3) is 5.91 Å². The molecular formula is C18H19ClFN2O2+. The minimum absolute atomic E-state index is 0.121. The van der Waals surface area contributed by atoms with Crippen molar-refractivity contribution < 1.29 is 18.9 Å². The maximum atomic E-state index is 13.8. The fraction of sp³-hybridized carbons (Fsp3) is 0.222. The highest BCUT2D eigenvalue weighted by Gasteiger charge is 2.16.